The number of pyridine rings is 1. The van der Waals surface area contributed by atoms with Crippen molar-refractivity contribution in [2.24, 2.45) is 5.92 Å². The molecule has 166 valence electrons. The second-order valence-corrected chi connectivity index (χ2v) is 9.12. The summed E-state index contributed by atoms with van der Waals surface area (Å²) < 4.78 is 6.23. The molecule has 32 heavy (non-hydrogen) atoms. The molecule has 0 spiro atoms. The zero-order valence-electron chi connectivity index (χ0n) is 18.7. The van der Waals surface area contributed by atoms with Crippen LogP contribution in [0.2, 0.25) is 0 Å². The number of carbonyl (C=O) groups is 1. The molecule has 1 saturated carbocycles. The molecule has 1 aliphatic heterocycles. The van der Waals surface area contributed by atoms with Gasteiger partial charge in [-0.05, 0) is 60.6 Å². The van der Waals surface area contributed by atoms with Crippen molar-refractivity contribution in [3.63, 3.8) is 0 Å². The van der Waals surface area contributed by atoms with Gasteiger partial charge in [-0.3, -0.25) is 4.98 Å². The van der Waals surface area contributed by atoms with Crippen molar-refractivity contribution < 1.29 is 9.53 Å². The van der Waals surface area contributed by atoms with E-state index in [4.69, 9.17) is 4.74 Å². The number of aromatic nitrogens is 1. The van der Waals surface area contributed by atoms with Gasteiger partial charge in [0.2, 0.25) is 0 Å². The standard InChI is InChI=1S/C27H31N3O2/c1-19-25(12-9-22-6-3-15-28-26(19)22)21-7-10-23(11-8-21)32-24-13-16-30(17-14-24)27(31)29-18-20-4-2-5-20/h3,6-12,15,20,24H,2,4-5,13-14,16-18H2,1H3,(H,29,31). The van der Waals surface area contributed by atoms with Gasteiger partial charge in [0, 0.05) is 44.1 Å². The first kappa shape index (κ1) is 20.8. The van der Waals surface area contributed by atoms with Crippen LogP contribution in [-0.2, 0) is 0 Å². The molecule has 5 nitrogen and oxygen atoms in total. The summed E-state index contributed by atoms with van der Waals surface area (Å²) in [5.74, 6) is 1.58. The zero-order chi connectivity index (χ0) is 21.9. The fourth-order valence-electron chi connectivity index (χ4n) is 4.73. The third kappa shape index (κ3) is 4.43. The Morgan fingerprint density at radius 1 is 1.06 bits per heavy atom. The van der Waals surface area contributed by atoms with Gasteiger partial charge in [-0.1, -0.05) is 36.8 Å². The van der Waals surface area contributed by atoms with Crippen LogP contribution in [0.1, 0.15) is 37.7 Å². The van der Waals surface area contributed by atoms with Crippen molar-refractivity contribution in [2.45, 2.75) is 45.1 Å². The highest BCUT2D eigenvalue weighted by molar-refractivity contribution is 5.88. The van der Waals surface area contributed by atoms with Crippen LogP contribution in [0.3, 0.4) is 0 Å². The van der Waals surface area contributed by atoms with Crippen molar-refractivity contribution in [3.8, 4) is 16.9 Å². The molecule has 1 aromatic heterocycles. The summed E-state index contributed by atoms with van der Waals surface area (Å²) in [5, 5.41) is 4.26. The van der Waals surface area contributed by atoms with Crippen LogP contribution < -0.4 is 10.1 Å². The summed E-state index contributed by atoms with van der Waals surface area (Å²) in [6, 6.07) is 16.8. The lowest BCUT2D eigenvalue weighted by molar-refractivity contribution is 0.110. The normalized spacial score (nSPS) is 17.2. The lowest BCUT2D eigenvalue weighted by Gasteiger charge is -2.33. The van der Waals surface area contributed by atoms with E-state index in [1.165, 1.54) is 36.0 Å². The SMILES string of the molecule is Cc1c(-c2ccc(OC3CCN(C(=O)NCC4CCC4)CC3)cc2)ccc2cccnc12. The van der Waals surface area contributed by atoms with Crippen LogP contribution in [0.5, 0.6) is 5.75 Å². The third-order valence-electron chi connectivity index (χ3n) is 6.99. The van der Waals surface area contributed by atoms with Gasteiger partial charge in [0.1, 0.15) is 11.9 Å². The van der Waals surface area contributed by atoms with Crippen LogP contribution in [0.25, 0.3) is 22.0 Å². The molecule has 3 aromatic rings. The highest BCUT2D eigenvalue weighted by atomic mass is 16.5. The fraction of sp³-hybridized carbons (Fsp3) is 0.407. The van der Waals surface area contributed by atoms with Gasteiger partial charge in [-0.2, -0.15) is 0 Å². The molecule has 5 rings (SSSR count). The lowest BCUT2D eigenvalue weighted by atomic mass is 9.85. The summed E-state index contributed by atoms with van der Waals surface area (Å²) in [5.41, 5.74) is 4.61. The van der Waals surface area contributed by atoms with Gasteiger partial charge < -0.3 is 15.0 Å². The van der Waals surface area contributed by atoms with E-state index in [0.29, 0.717) is 5.92 Å². The Bertz CT molecular complexity index is 1080. The smallest absolute Gasteiger partial charge is 0.317 e. The topological polar surface area (TPSA) is 54.5 Å². The van der Waals surface area contributed by atoms with Crippen LogP contribution in [0.4, 0.5) is 4.79 Å². The van der Waals surface area contributed by atoms with Crippen LogP contribution in [0, 0.1) is 12.8 Å². The zero-order valence-corrected chi connectivity index (χ0v) is 18.7. The number of hydrogen-bond acceptors (Lipinski definition) is 3. The number of urea groups is 1. The number of nitrogens with one attached hydrogen (secondary N) is 1. The minimum Gasteiger partial charge on any atom is -0.490 e. The van der Waals surface area contributed by atoms with Crippen molar-refractivity contribution in [1.82, 2.24) is 15.2 Å². The summed E-state index contributed by atoms with van der Waals surface area (Å²) in [4.78, 5) is 18.8. The van der Waals surface area contributed by atoms with Crippen LogP contribution >= 0.6 is 0 Å². The minimum atomic E-state index is 0.0833. The minimum absolute atomic E-state index is 0.0833. The fourth-order valence-corrected chi connectivity index (χ4v) is 4.73. The Morgan fingerprint density at radius 3 is 2.56 bits per heavy atom. The van der Waals surface area contributed by atoms with E-state index in [0.717, 1.165) is 49.1 Å². The number of amides is 2. The molecule has 2 fully saturated rings. The molecule has 0 bridgehead atoms. The average Bonchev–Trinajstić information content (AvgIpc) is 2.80. The molecule has 1 saturated heterocycles. The molecule has 2 aliphatic rings. The van der Waals surface area contributed by atoms with E-state index < -0.39 is 0 Å². The first-order chi connectivity index (χ1) is 15.7. The largest absolute Gasteiger partial charge is 0.490 e. The maximum atomic E-state index is 12.4. The van der Waals surface area contributed by atoms with E-state index >= 15 is 0 Å². The van der Waals surface area contributed by atoms with E-state index in [-0.39, 0.29) is 12.1 Å². The first-order valence-corrected chi connectivity index (χ1v) is 11.8. The second kappa shape index (κ2) is 9.19. The summed E-state index contributed by atoms with van der Waals surface area (Å²) in [6.45, 7) is 4.46. The number of benzene rings is 2. The second-order valence-electron chi connectivity index (χ2n) is 9.12. The highest BCUT2D eigenvalue weighted by Gasteiger charge is 2.25. The predicted octanol–water partition coefficient (Wildman–Crippen LogP) is 5.56. The molecule has 5 heteroatoms. The lowest BCUT2D eigenvalue weighted by Crippen LogP contribution is -2.47. The van der Waals surface area contributed by atoms with E-state index in [1.807, 2.05) is 17.2 Å². The summed E-state index contributed by atoms with van der Waals surface area (Å²) in [6.07, 6.45) is 7.56. The van der Waals surface area contributed by atoms with Gasteiger partial charge in [0.25, 0.3) is 0 Å². The number of aryl methyl sites for hydroxylation is 1. The molecule has 2 amide bonds. The van der Waals surface area contributed by atoms with Gasteiger partial charge in [0.15, 0.2) is 0 Å². The first-order valence-electron chi connectivity index (χ1n) is 11.8. The van der Waals surface area contributed by atoms with Crippen LogP contribution in [0.15, 0.2) is 54.7 Å². The molecular formula is C27H31N3O2. The Kier molecular flexibility index (Phi) is 5.97. The molecule has 2 aromatic carbocycles. The Labute approximate surface area is 189 Å². The maximum absolute atomic E-state index is 12.4. The number of likely N-dealkylation sites (tertiary alicyclic amines) is 1. The van der Waals surface area contributed by atoms with Gasteiger partial charge >= 0.3 is 6.03 Å². The summed E-state index contributed by atoms with van der Waals surface area (Å²) >= 11 is 0. The average molecular weight is 430 g/mol. The van der Waals surface area contributed by atoms with Crippen molar-refractivity contribution >= 4 is 16.9 Å². The number of nitrogens with zero attached hydrogens (tertiary/aromatic N) is 2. The Balaban J connectivity index is 1.16. The van der Waals surface area contributed by atoms with Crippen molar-refractivity contribution in [1.29, 1.82) is 0 Å². The van der Waals surface area contributed by atoms with Crippen molar-refractivity contribution in [3.05, 3.63) is 60.3 Å². The summed E-state index contributed by atoms with van der Waals surface area (Å²) in [7, 11) is 0. The maximum Gasteiger partial charge on any atom is 0.317 e. The molecule has 0 unspecified atom stereocenters. The molecule has 0 atom stereocenters. The molecular weight excluding hydrogens is 398 g/mol. The highest BCUT2D eigenvalue weighted by Crippen LogP contribution is 2.30. The predicted molar refractivity (Wildman–Crippen MR) is 128 cm³/mol. The van der Waals surface area contributed by atoms with Crippen molar-refractivity contribution in [2.75, 3.05) is 19.6 Å². The number of rotatable bonds is 5. The van der Waals surface area contributed by atoms with Gasteiger partial charge in [0.05, 0.1) is 5.52 Å². The number of hydrogen-bond donors (Lipinski definition) is 1. The van der Waals surface area contributed by atoms with Gasteiger partial charge in [-0.15, -0.1) is 0 Å². The van der Waals surface area contributed by atoms with E-state index in [9.17, 15) is 4.79 Å². The molecule has 1 N–H and O–H groups in total. The van der Waals surface area contributed by atoms with E-state index in [1.54, 1.807) is 0 Å². The quantitative estimate of drug-likeness (QED) is 0.577. The van der Waals surface area contributed by atoms with E-state index in [2.05, 4.69) is 59.7 Å². The monoisotopic (exact) mass is 429 g/mol. The third-order valence-corrected chi connectivity index (χ3v) is 6.99. The number of carbonyl (C=O) groups excluding carboxylic acids is 1. The molecule has 1 aliphatic carbocycles. The Morgan fingerprint density at radius 2 is 1.84 bits per heavy atom. The number of piperidine rings is 1. The number of ether oxygens (including phenoxy) is 1. The Hall–Kier alpha value is -3.08. The number of fused-ring (bicyclic) bond motifs is 1. The molecule has 2 heterocycles. The van der Waals surface area contributed by atoms with Crippen LogP contribution in [-0.4, -0.2) is 41.7 Å². The van der Waals surface area contributed by atoms with Gasteiger partial charge in [-0.25, -0.2) is 4.79 Å². The molecule has 0 radical (unpaired) electrons.